The molecule has 1 N–H and O–H groups in total. The van der Waals surface area contributed by atoms with Gasteiger partial charge in [-0.25, -0.2) is 19.7 Å². The van der Waals surface area contributed by atoms with Crippen LogP contribution in [0.15, 0.2) is 55.6 Å². The van der Waals surface area contributed by atoms with E-state index < -0.39 is 36.0 Å². The fraction of sp³-hybridized carbons (Fsp3) is 0.391. The molecule has 2 aliphatic rings. The van der Waals surface area contributed by atoms with Gasteiger partial charge in [0.2, 0.25) is 0 Å². The number of fused-ring (bicyclic) bond motifs is 3. The summed E-state index contributed by atoms with van der Waals surface area (Å²) in [4.78, 5) is 25.8. The molecule has 182 valence electrons. The summed E-state index contributed by atoms with van der Waals surface area (Å²) in [6.07, 6.45) is 0.952. The minimum atomic E-state index is -0.818. The Bertz CT molecular complexity index is 1490. The Morgan fingerprint density at radius 3 is 2.89 bits per heavy atom. The van der Waals surface area contributed by atoms with E-state index in [1.165, 1.54) is 18.1 Å². The van der Waals surface area contributed by atoms with Crippen molar-refractivity contribution in [2.75, 3.05) is 6.61 Å². The molecule has 2 aliphatic heterocycles. The van der Waals surface area contributed by atoms with Crippen molar-refractivity contribution in [3.05, 3.63) is 57.2 Å². The third-order valence-electron chi connectivity index (χ3n) is 6.01. The Balaban J connectivity index is 1.38. The summed E-state index contributed by atoms with van der Waals surface area (Å²) in [6, 6.07) is 7.31. The van der Waals surface area contributed by atoms with Crippen LogP contribution in [-0.4, -0.2) is 55.3 Å². The second-order valence-corrected chi connectivity index (χ2v) is 10.7. The maximum Gasteiger partial charge on any atom is 0.340 e. The lowest BCUT2D eigenvalue weighted by atomic mass is 10.1. The number of aliphatic hydroxyl groups is 1. The zero-order valence-electron chi connectivity index (χ0n) is 18.8. The molecule has 0 spiro atoms. The summed E-state index contributed by atoms with van der Waals surface area (Å²) in [7, 11) is 0. The first-order chi connectivity index (χ1) is 16.8. The summed E-state index contributed by atoms with van der Waals surface area (Å²) in [6.45, 7) is 3.45. The van der Waals surface area contributed by atoms with Crippen LogP contribution in [0.2, 0.25) is 0 Å². The lowest BCUT2D eigenvalue weighted by molar-refractivity contribution is -0.200. The van der Waals surface area contributed by atoms with Crippen molar-refractivity contribution in [1.29, 1.82) is 0 Å². The van der Waals surface area contributed by atoms with Crippen molar-refractivity contribution in [2.45, 2.75) is 55.1 Å². The highest BCUT2D eigenvalue weighted by molar-refractivity contribution is 9.10. The minimum absolute atomic E-state index is 0.213. The van der Waals surface area contributed by atoms with Crippen LogP contribution in [0, 0.1) is 0 Å². The average molecular weight is 561 g/mol. The molecule has 4 aromatic rings. The number of rotatable bonds is 5. The van der Waals surface area contributed by atoms with Gasteiger partial charge in [-0.3, -0.25) is 4.57 Å². The number of benzene rings is 1. The minimum Gasteiger partial charge on any atom is -0.423 e. The van der Waals surface area contributed by atoms with Crippen LogP contribution in [0.25, 0.3) is 22.1 Å². The number of nitrogens with zero attached hydrogens (tertiary/aromatic N) is 4. The van der Waals surface area contributed by atoms with Gasteiger partial charge >= 0.3 is 5.63 Å². The number of halogens is 1. The van der Waals surface area contributed by atoms with Gasteiger partial charge < -0.3 is 23.7 Å². The van der Waals surface area contributed by atoms with E-state index >= 15 is 0 Å². The average Bonchev–Trinajstić information content (AvgIpc) is 3.45. The molecule has 4 atom stereocenters. The predicted octanol–water partition coefficient (Wildman–Crippen LogP) is 3.40. The Morgan fingerprint density at radius 1 is 1.23 bits per heavy atom. The first kappa shape index (κ1) is 23.1. The van der Waals surface area contributed by atoms with Crippen molar-refractivity contribution in [3.8, 4) is 0 Å². The lowest BCUT2D eigenvalue weighted by Crippen LogP contribution is -2.31. The molecule has 3 aromatic heterocycles. The van der Waals surface area contributed by atoms with Gasteiger partial charge in [-0.05, 0) is 38.1 Å². The first-order valence-corrected chi connectivity index (χ1v) is 12.8. The Labute approximate surface area is 211 Å². The number of ether oxygens (including phenoxy) is 3. The Hall–Kier alpha value is -2.35. The number of thioether (sulfide) groups is 1. The molecular formula is C23H21BrN4O6S. The zero-order chi connectivity index (χ0) is 24.3. The summed E-state index contributed by atoms with van der Waals surface area (Å²) in [5.41, 5.74) is 1.77. The van der Waals surface area contributed by atoms with E-state index in [0.29, 0.717) is 33.2 Å². The van der Waals surface area contributed by atoms with E-state index in [-0.39, 0.29) is 6.61 Å². The molecule has 0 radical (unpaired) electrons. The van der Waals surface area contributed by atoms with Gasteiger partial charge in [0.1, 0.15) is 35.7 Å². The molecule has 1 aromatic carbocycles. The van der Waals surface area contributed by atoms with E-state index in [1.807, 2.05) is 36.6 Å². The normalized spacial score (nSPS) is 25.5. The highest BCUT2D eigenvalue weighted by Crippen LogP contribution is 2.45. The van der Waals surface area contributed by atoms with Crippen molar-refractivity contribution in [3.63, 3.8) is 0 Å². The molecule has 5 heterocycles. The summed E-state index contributed by atoms with van der Waals surface area (Å²) < 4.78 is 26.6. The quantitative estimate of drug-likeness (QED) is 0.287. The number of imidazole rings is 1. The molecule has 0 amide bonds. The number of aliphatic hydroxyl groups excluding tert-OH is 1. The highest BCUT2D eigenvalue weighted by Gasteiger charge is 2.56. The predicted molar refractivity (Wildman–Crippen MR) is 130 cm³/mol. The van der Waals surface area contributed by atoms with Crippen LogP contribution in [0.4, 0.5) is 0 Å². The Kier molecular flexibility index (Phi) is 5.70. The molecular weight excluding hydrogens is 540 g/mol. The van der Waals surface area contributed by atoms with Gasteiger partial charge in [0, 0.05) is 21.2 Å². The van der Waals surface area contributed by atoms with Crippen molar-refractivity contribution < 1.29 is 23.7 Å². The zero-order valence-corrected chi connectivity index (χ0v) is 21.2. The number of aromatic nitrogens is 4. The molecule has 0 saturated carbocycles. The standard InChI is InChI=1S/C23H21BrN4O6S/c1-23(2)33-17-16(8-29)31-20(18(17)34-23)28-19-14(7-25-10-26-19)27-22(28)35-9-12-5-11-6-13(24)3-4-15(11)32-21(12)30/h3-7,10,16-18,20,29H,8-9H2,1-2H3/t16-,17+,18+,20-/m1/s1. The fourth-order valence-electron chi connectivity index (χ4n) is 4.55. The van der Waals surface area contributed by atoms with Gasteiger partial charge in [-0.1, -0.05) is 27.7 Å². The molecule has 0 aliphatic carbocycles. The van der Waals surface area contributed by atoms with Crippen molar-refractivity contribution in [1.82, 2.24) is 19.5 Å². The lowest BCUT2D eigenvalue weighted by Gasteiger charge is -2.25. The van der Waals surface area contributed by atoms with E-state index in [2.05, 4.69) is 25.9 Å². The van der Waals surface area contributed by atoms with Crippen molar-refractivity contribution in [2.24, 2.45) is 0 Å². The first-order valence-electron chi connectivity index (χ1n) is 11.0. The molecule has 10 nitrogen and oxygen atoms in total. The van der Waals surface area contributed by atoms with Crippen LogP contribution in [-0.2, 0) is 20.0 Å². The molecule has 0 unspecified atom stereocenters. The maximum atomic E-state index is 12.6. The van der Waals surface area contributed by atoms with E-state index in [0.717, 1.165) is 9.86 Å². The SMILES string of the molecule is CC1(C)O[C@@H]2[C@H](O1)[C@H](n1c(SCc3cc4cc(Br)ccc4oc3=O)nc3cncnc31)O[C@@H]2CO. The van der Waals surface area contributed by atoms with Gasteiger partial charge in [0.15, 0.2) is 22.8 Å². The summed E-state index contributed by atoms with van der Waals surface area (Å²) in [5, 5.41) is 11.3. The Morgan fingerprint density at radius 2 is 2.06 bits per heavy atom. The molecule has 2 saturated heterocycles. The second kappa shape index (κ2) is 8.64. The fourth-order valence-corrected chi connectivity index (χ4v) is 5.91. The van der Waals surface area contributed by atoms with Gasteiger partial charge in [-0.15, -0.1) is 0 Å². The van der Waals surface area contributed by atoms with Crippen LogP contribution < -0.4 is 5.63 Å². The summed E-state index contributed by atoms with van der Waals surface area (Å²) in [5.74, 6) is -0.504. The third kappa shape index (κ3) is 4.07. The monoisotopic (exact) mass is 560 g/mol. The van der Waals surface area contributed by atoms with Gasteiger partial charge in [-0.2, -0.15) is 0 Å². The molecule has 35 heavy (non-hydrogen) atoms. The van der Waals surface area contributed by atoms with Crippen molar-refractivity contribution >= 4 is 49.8 Å². The number of hydrogen-bond donors (Lipinski definition) is 1. The smallest absolute Gasteiger partial charge is 0.340 e. The van der Waals surface area contributed by atoms with Crippen LogP contribution in [0.1, 0.15) is 25.6 Å². The molecule has 2 fully saturated rings. The van der Waals surface area contributed by atoms with E-state index in [9.17, 15) is 9.90 Å². The van der Waals surface area contributed by atoms with Gasteiger partial charge in [0.05, 0.1) is 12.8 Å². The van der Waals surface area contributed by atoms with Gasteiger partial charge in [0.25, 0.3) is 0 Å². The molecule has 12 heteroatoms. The topological polar surface area (TPSA) is 122 Å². The highest BCUT2D eigenvalue weighted by atomic mass is 79.9. The number of hydrogen-bond acceptors (Lipinski definition) is 10. The summed E-state index contributed by atoms with van der Waals surface area (Å²) >= 11 is 4.81. The van der Waals surface area contributed by atoms with E-state index in [1.54, 1.807) is 12.3 Å². The van der Waals surface area contributed by atoms with Crippen LogP contribution in [0.3, 0.4) is 0 Å². The van der Waals surface area contributed by atoms with Crippen LogP contribution >= 0.6 is 27.7 Å². The second-order valence-electron chi connectivity index (χ2n) is 8.84. The molecule has 6 rings (SSSR count). The molecule has 0 bridgehead atoms. The maximum absolute atomic E-state index is 12.6. The largest absolute Gasteiger partial charge is 0.423 e. The van der Waals surface area contributed by atoms with Crippen LogP contribution in [0.5, 0.6) is 0 Å². The third-order valence-corrected chi connectivity index (χ3v) is 7.50. The van der Waals surface area contributed by atoms with E-state index in [4.69, 9.17) is 23.6 Å².